The van der Waals surface area contributed by atoms with Gasteiger partial charge in [-0.05, 0) is 30.3 Å². The maximum absolute atomic E-state index is 11.4. The smallest absolute Gasteiger partial charge is 0.228 e. The molecule has 0 aliphatic heterocycles. The molecule has 23 heavy (non-hydrogen) atoms. The van der Waals surface area contributed by atoms with Gasteiger partial charge in [-0.25, -0.2) is 0 Å². The van der Waals surface area contributed by atoms with E-state index in [1.54, 1.807) is 0 Å². The van der Waals surface area contributed by atoms with Gasteiger partial charge in [-0.3, -0.25) is 4.79 Å². The van der Waals surface area contributed by atoms with Gasteiger partial charge >= 0.3 is 0 Å². The zero-order chi connectivity index (χ0) is 16.4. The fraction of sp³-hybridized carbons (Fsp3) is 0.0588. The number of oxazole rings is 1. The number of aromatic nitrogens is 1. The Morgan fingerprint density at radius 1 is 1.13 bits per heavy atom. The second-order valence-electron chi connectivity index (χ2n) is 4.95. The van der Waals surface area contributed by atoms with Crippen LogP contribution in [-0.2, 0) is 4.79 Å². The molecule has 0 spiro atoms. The topological polar surface area (TPSA) is 95.6 Å². The van der Waals surface area contributed by atoms with Crippen LogP contribution in [0.25, 0.3) is 22.8 Å². The molecule has 3 aromatic rings. The minimum absolute atomic E-state index is 0.0377. The number of carbonyl (C=O) groups is 1. The van der Waals surface area contributed by atoms with Crippen LogP contribution >= 0.6 is 0 Å². The number of phenols is 2. The van der Waals surface area contributed by atoms with Gasteiger partial charge < -0.3 is 19.9 Å². The molecular weight excluding hydrogens is 296 g/mol. The molecule has 0 unspecified atom stereocenters. The summed E-state index contributed by atoms with van der Waals surface area (Å²) in [6, 6.07) is 13.2. The molecule has 1 amide bonds. The van der Waals surface area contributed by atoms with E-state index in [2.05, 4.69) is 10.3 Å². The Kier molecular flexibility index (Phi) is 3.72. The number of benzene rings is 2. The second kappa shape index (κ2) is 5.84. The van der Waals surface area contributed by atoms with Gasteiger partial charge in [-0.15, -0.1) is 0 Å². The monoisotopic (exact) mass is 310 g/mol. The number of phenolic OH excluding ortho intramolecular Hbond substituents is 2. The highest BCUT2D eigenvalue weighted by molar-refractivity contribution is 5.92. The molecule has 0 atom stereocenters. The van der Waals surface area contributed by atoms with Crippen molar-refractivity contribution in [2.75, 3.05) is 5.32 Å². The summed E-state index contributed by atoms with van der Waals surface area (Å²) < 4.78 is 5.73. The van der Waals surface area contributed by atoms with E-state index < -0.39 is 0 Å². The van der Waals surface area contributed by atoms with E-state index in [4.69, 9.17) is 4.42 Å². The Morgan fingerprint density at radius 2 is 1.87 bits per heavy atom. The van der Waals surface area contributed by atoms with Crippen LogP contribution in [0.3, 0.4) is 0 Å². The first-order valence-corrected chi connectivity index (χ1v) is 6.91. The van der Waals surface area contributed by atoms with Crippen LogP contribution in [0.5, 0.6) is 11.5 Å². The van der Waals surface area contributed by atoms with Gasteiger partial charge in [0.2, 0.25) is 11.8 Å². The number of hydrogen-bond acceptors (Lipinski definition) is 5. The summed E-state index contributed by atoms with van der Waals surface area (Å²) in [5, 5.41) is 22.2. The van der Waals surface area contributed by atoms with Gasteiger partial charge in [0.1, 0.15) is 11.5 Å². The Morgan fingerprint density at radius 3 is 2.57 bits per heavy atom. The average molecular weight is 310 g/mol. The molecule has 116 valence electrons. The van der Waals surface area contributed by atoms with Gasteiger partial charge in [0, 0.05) is 12.5 Å². The summed E-state index contributed by atoms with van der Waals surface area (Å²) in [6.07, 6.45) is 0. The molecule has 0 aliphatic carbocycles. The molecule has 2 aromatic carbocycles. The summed E-state index contributed by atoms with van der Waals surface area (Å²) >= 11 is 0. The SMILES string of the molecule is CC(=O)Nc1nc(-c2ccccc2)oc1-c1cc(O)ccc1O. The van der Waals surface area contributed by atoms with E-state index in [-0.39, 0.29) is 34.5 Å². The number of nitrogens with zero attached hydrogens (tertiary/aromatic N) is 1. The third kappa shape index (κ3) is 3.01. The Labute approximate surface area is 132 Å². The average Bonchev–Trinajstić information content (AvgIpc) is 2.93. The molecule has 6 nitrogen and oxygen atoms in total. The highest BCUT2D eigenvalue weighted by Crippen LogP contribution is 2.39. The van der Waals surface area contributed by atoms with Crippen LogP contribution in [0, 0.1) is 0 Å². The largest absolute Gasteiger partial charge is 0.508 e. The lowest BCUT2D eigenvalue weighted by Crippen LogP contribution is -2.06. The first-order chi connectivity index (χ1) is 11.0. The molecule has 0 saturated heterocycles. The van der Waals surface area contributed by atoms with E-state index >= 15 is 0 Å². The molecule has 0 saturated carbocycles. The molecule has 0 radical (unpaired) electrons. The van der Waals surface area contributed by atoms with Crippen LogP contribution in [-0.4, -0.2) is 21.1 Å². The van der Waals surface area contributed by atoms with Crippen LogP contribution in [0.15, 0.2) is 52.9 Å². The molecule has 1 aromatic heterocycles. The number of hydrogen-bond donors (Lipinski definition) is 3. The summed E-state index contributed by atoms with van der Waals surface area (Å²) in [6.45, 7) is 1.35. The van der Waals surface area contributed by atoms with Crippen molar-refractivity contribution in [1.82, 2.24) is 4.98 Å². The number of aromatic hydroxyl groups is 2. The van der Waals surface area contributed by atoms with Crippen molar-refractivity contribution in [3.63, 3.8) is 0 Å². The van der Waals surface area contributed by atoms with Crippen LogP contribution < -0.4 is 5.32 Å². The van der Waals surface area contributed by atoms with E-state index in [0.717, 1.165) is 5.56 Å². The van der Waals surface area contributed by atoms with Crippen LogP contribution in [0.1, 0.15) is 6.92 Å². The summed E-state index contributed by atoms with van der Waals surface area (Å²) in [4.78, 5) is 15.7. The zero-order valence-corrected chi connectivity index (χ0v) is 12.3. The predicted octanol–water partition coefficient (Wildman–Crippen LogP) is 3.38. The third-order valence-corrected chi connectivity index (χ3v) is 3.17. The number of amides is 1. The first kappa shape index (κ1) is 14.6. The number of nitrogens with one attached hydrogen (secondary N) is 1. The molecule has 6 heteroatoms. The Bertz CT molecular complexity index is 856. The molecular formula is C17H14N2O4. The highest BCUT2D eigenvalue weighted by atomic mass is 16.4. The standard InChI is InChI=1S/C17H14N2O4/c1-10(20)18-16-15(13-9-12(21)7-8-14(13)22)23-17(19-16)11-5-3-2-4-6-11/h2-9,21-22H,1H3,(H,18,20). The van der Waals surface area contributed by atoms with Crippen molar-refractivity contribution < 1.29 is 19.4 Å². The minimum Gasteiger partial charge on any atom is -0.508 e. The van der Waals surface area contributed by atoms with Crippen LogP contribution in [0.2, 0.25) is 0 Å². The zero-order valence-electron chi connectivity index (χ0n) is 12.3. The van der Waals surface area contributed by atoms with E-state index in [0.29, 0.717) is 5.89 Å². The summed E-state index contributed by atoms with van der Waals surface area (Å²) in [5.74, 6) is 0.199. The fourth-order valence-electron chi connectivity index (χ4n) is 2.16. The van der Waals surface area contributed by atoms with E-state index in [1.807, 2.05) is 30.3 Å². The van der Waals surface area contributed by atoms with Crippen molar-refractivity contribution in [3.8, 4) is 34.3 Å². The number of rotatable bonds is 3. The van der Waals surface area contributed by atoms with Crippen LogP contribution in [0.4, 0.5) is 5.82 Å². The second-order valence-corrected chi connectivity index (χ2v) is 4.95. The first-order valence-electron chi connectivity index (χ1n) is 6.91. The predicted molar refractivity (Wildman–Crippen MR) is 85.0 cm³/mol. The van der Waals surface area contributed by atoms with Crippen molar-refractivity contribution in [2.45, 2.75) is 6.92 Å². The lowest BCUT2D eigenvalue weighted by molar-refractivity contribution is -0.114. The number of anilines is 1. The molecule has 3 rings (SSSR count). The highest BCUT2D eigenvalue weighted by Gasteiger charge is 2.20. The van der Waals surface area contributed by atoms with Gasteiger partial charge in [-0.1, -0.05) is 18.2 Å². The summed E-state index contributed by atoms with van der Waals surface area (Å²) in [5.41, 5.74) is 0.966. The summed E-state index contributed by atoms with van der Waals surface area (Å²) in [7, 11) is 0. The van der Waals surface area contributed by atoms with Gasteiger partial charge in [0.25, 0.3) is 0 Å². The lowest BCUT2D eigenvalue weighted by Gasteiger charge is -2.04. The Hall–Kier alpha value is -3.28. The molecule has 0 bridgehead atoms. The molecule has 0 aliphatic rings. The number of carbonyl (C=O) groups excluding carboxylic acids is 1. The maximum Gasteiger partial charge on any atom is 0.228 e. The quantitative estimate of drug-likeness (QED) is 0.645. The van der Waals surface area contributed by atoms with Crippen molar-refractivity contribution >= 4 is 11.7 Å². The van der Waals surface area contributed by atoms with Gasteiger partial charge in [0.15, 0.2) is 11.6 Å². The Balaban J connectivity index is 2.16. The molecule has 1 heterocycles. The van der Waals surface area contributed by atoms with Gasteiger partial charge in [-0.2, -0.15) is 4.98 Å². The van der Waals surface area contributed by atoms with Crippen molar-refractivity contribution in [3.05, 3.63) is 48.5 Å². The minimum atomic E-state index is -0.321. The van der Waals surface area contributed by atoms with Gasteiger partial charge in [0.05, 0.1) is 5.56 Å². The molecule has 3 N–H and O–H groups in total. The van der Waals surface area contributed by atoms with E-state index in [1.165, 1.54) is 25.1 Å². The fourth-order valence-corrected chi connectivity index (χ4v) is 2.16. The van der Waals surface area contributed by atoms with E-state index in [9.17, 15) is 15.0 Å². The maximum atomic E-state index is 11.4. The normalized spacial score (nSPS) is 10.5. The lowest BCUT2D eigenvalue weighted by atomic mass is 10.1. The van der Waals surface area contributed by atoms with Crippen molar-refractivity contribution in [1.29, 1.82) is 0 Å². The molecule has 0 fully saturated rings. The third-order valence-electron chi connectivity index (χ3n) is 3.17. The van der Waals surface area contributed by atoms with Crippen molar-refractivity contribution in [2.24, 2.45) is 0 Å².